The zero-order valence-electron chi connectivity index (χ0n) is 11.8. The molecule has 20 heavy (non-hydrogen) atoms. The van der Waals surface area contributed by atoms with Crippen molar-refractivity contribution >= 4 is 17.3 Å². The van der Waals surface area contributed by atoms with Crippen LogP contribution in [0.2, 0.25) is 5.02 Å². The lowest BCUT2D eigenvalue weighted by molar-refractivity contribution is 0.102. The second kappa shape index (κ2) is 5.63. The third kappa shape index (κ3) is 2.51. The van der Waals surface area contributed by atoms with E-state index in [9.17, 15) is 0 Å². The highest BCUT2D eigenvalue weighted by Crippen LogP contribution is 2.34. The monoisotopic (exact) mass is 289 g/mol. The maximum atomic E-state index is 8.92. The summed E-state index contributed by atoms with van der Waals surface area (Å²) in [5.74, 6) is 0.745. The first-order chi connectivity index (χ1) is 9.69. The van der Waals surface area contributed by atoms with Gasteiger partial charge >= 0.3 is 0 Å². The van der Waals surface area contributed by atoms with E-state index in [1.807, 2.05) is 12.1 Å². The predicted octanol–water partition coefficient (Wildman–Crippen LogP) is 3.13. The lowest BCUT2D eigenvalue weighted by Crippen LogP contribution is -2.52. The molecule has 0 N–H and O–H groups in total. The molecule has 2 atom stereocenters. The zero-order chi connectivity index (χ0) is 14.1. The van der Waals surface area contributed by atoms with Crippen LogP contribution in [0.5, 0.6) is 0 Å². The van der Waals surface area contributed by atoms with Crippen LogP contribution in [-0.2, 0) is 0 Å². The van der Waals surface area contributed by atoms with Gasteiger partial charge in [-0.3, -0.25) is 0 Å². The van der Waals surface area contributed by atoms with E-state index >= 15 is 0 Å². The van der Waals surface area contributed by atoms with Gasteiger partial charge in [0.1, 0.15) is 0 Å². The molecule has 2 fully saturated rings. The van der Waals surface area contributed by atoms with E-state index in [-0.39, 0.29) is 0 Å². The van der Waals surface area contributed by atoms with Gasteiger partial charge in [-0.25, -0.2) is 0 Å². The molecular weight excluding hydrogens is 270 g/mol. The highest BCUT2D eigenvalue weighted by Gasteiger charge is 2.34. The Balaban J connectivity index is 1.78. The molecule has 0 spiro atoms. The molecule has 0 amide bonds. The minimum Gasteiger partial charge on any atom is -0.370 e. The molecule has 1 aromatic carbocycles. The normalized spacial score (nSPS) is 26.9. The standard InChI is InChI=1S/C16H20ClN3/c1-19-7-2-3-13-11-20(8-6-15(13)19)16-5-4-12(10-18)9-14(16)17/h4-5,9,13,15H,2-3,6-8,11H2,1H3. The van der Waals surface area contributed by atoms with Crippen molar-refractivity contribution in [1.82, 2.24) is 4.90 Å². The Hall–Kier alpha value is -1.24. The maximum Gasteiger partial charge on any atom is 0.0992 e. The van der Waals surface area contributed by atoms with Crippen LogP contribution in [0.25, 0.3) is 0 Å². The first kappa shape index (κ1) is 13.7. The molecule has 2 aliphatic heterocycles. The minimum atomic E-state index is 0.631. The Kier molecular flexibility index (Phi) is 3.87. The Morgan fingerprint density at radius 2 is 2.15 bits per heavy atom. The van der Waals surface area contributed by atoms with Gasteiger partial charge in [0.15, 0.2) is 0 Å². The number of likely N-dealkylation sites (tertiary alicyclic amines) is 1. The molecule has 0 aliphatic carbocycles. The number of nitriles is 1. The predicted molar refractivity (Wildman–Crippen MR) is 82.1 cm³/mol. The fourth-order valence-corrected chi connectivity index (χ4v) is 4.00. The Morgan fingerprint density at radius 3 is 2.90 bits per heavy atom. The SMILES string of the molecule is CN1CCCC2CN(c3ccc(C#N)cc3Cl)CCC21. The van der Waals surface area contributed by atoms with Gasteiger partial charge in [-0.2, -0.15) is 5.26 Å². The van der Waals surface area contributed by atoms with Crippen molar-refractivity contribution in [2.75, 3.05) is 31.6 Å². The number of fused-ring (bicyclic) bond motifs is 1. The summed E-state index contributed by atoms with van der Waals surface area (Å²) in [5, 5.41) is 9.62. The Morgan fingerprint density at radius 1 is 1.30 bits per heavy atom. The van der Waals surface area contributed by atoms with Crippen LogP contribution < -0.4 is 4.90 Å². The first-order valence-electron chi connectivity index (χ1n) is 7.34. The summed E-state index contributed by atoms with van der Waals surface area (Å²) in [6.45, 7) is 3.37. The third-order valence-electron chi connectivity index (χ3n) is 4.76. The van der Waals surface area contributed by atoms with Crippen molar-refractivity contribution in [2.24, 2.45) is 5.92 Å². The molecule has 0 bridgehead atoms. The van der Waals surface area contributed by atoms with Crippen LogP contribution >= 0.6 is 11.6 Å². The number of hydrogen-bond acceptors (Lipinski definition) is 3. The fraction of sp³-hybridized carbons (Fsp3) is 0.562. The summed E-state index contributed by atoms with van der Waals surface area (Å²) in [6, 6.07) is 8.50. The van der Waals surface area contributed by atoms with E-state index in [1.165, 1.54) is 25.8 Å². The van der Waals surface area contributed by atoms with Crippen molar-refractivity contribution in [3.63, 3.8) is 0 Å². The number of benzene rings is 1. The Bertz CT molecular complexity index is 537. The van der Waals surface area contributed by atoms with Crippen LogP contribution in [0.4, 0.5) is 5.69 Å². The summed E-state index contributed by atoms with van der Waals surface area (Å²) in [6.07, 6.45) is 3.82. The lowest BCUT2D eigenvalue weighted by atomic mass is 9.84. The number of anilines is 1. The lowest BCUT2D eigenvalue weighted by Gasteiger charge is -2.46. The molecule has 3 rings (SSSR count). The maximum absolute atomic E-state index is 8.92. The van der Waals surface area contributed by atoms with Gasteiger partial charge in [0.05, 0.1) is 22.3 Å². The van der Waals surface area contributed by atoms with Crippen LogP contribution in [-0.4, -0.2) is 37.6 Å². The average Bonchev–Trinajstić information content (AvgIpc) is 2.47. The molecule has 2 unspecified atom stereocenters. The van der Waals surface area contributed by atoms with Gasteiger partial charge in [-0.1, -0.05) is 11.6 Å². The quantitative estimate of drug-likeness (QED) is 0.796. The molecule has 2 heterocycles. The van der Waals surface area contributed by atoms with Gasteiger partial charge in [-0.05, 0) is 57.0 Å². The van der Waals surface area contributed by atoms with E-state index in [2.05, 4.69) is 22.9 Å². The number of nitrogens with zero attached hydrogens (tertiary/aromatic N) is 3. The van der Waals surface area contributed by atoms with Crippen molar-refractivity contribution < 1.29 is 0 Å². The smallest absolute Gasteiger partial charge is 0.0992 e. The third-order valence-corrected chi connectivity index (χ3v) is 5.07. The molecule has 4 heteroatoms. The molecule has 3 nitrogen and oxygen atoms in total. The summed E-state index contributed by atoms with van der Waals surface area (Å²) in [7, 11) is 2.25. The van der Waals surface area contributed by atoms with Gasteiger partial charge in [0.25, 0.3) is 0 Å². The van der Waals surface area contributed by atoms with Crippen molar-refractivity contribution in [1.29, 1.82) is 5.26 Å². The summed E-state index contributed by atoms with van der Waals surface area (Å²) >= 11 is 6.34. The molecule has 0 aromatic heterocycles. The number of hydrogen-bond donors (Lipinski definition) is 0. The highest BCUT2D eigenvalue weighted by molar-refractivity contribution is 6.33. The second-order valence-corrected chi connectivity index (χ2v) is 6.37. The number of rotatable bonds is 1. The number of halogens is 1. The van der Waals surface area contributed by atoms with E-state index in [0.29, 0.717) is 10.6 Å². The van der Waals surface area contributed by atoms with Crippen LogP contribution in [0.3, 0.4) is 0 Å². The van der Waals surface area contributed by atoms with Crippen LogP contribution in [0.15, 0.2) is 18.2 Å². The second-order valence-electron chi connectivity index (χ2n) is 5.96. The van der Waals surface area contributed by atoms with E-state index in [0.717, 1.165) is 30.7 Å². The van der Waals surface area contributed by atoms with E-state index in [1.54, 1.807) is 6.07 Å². The Labute approximate surface area is 125 Å². The summed E-state index contributed by atoms with van der Waals surface area (Å²) < 4.78 is 0. The number of piperidine rings is 2. The average molecular weight is 290 g/mol. The molecule has 1 aromatic rings. The molecule has 106 valence electrons. The molecule has 2 aliphatic rings. The van der Waals surface area contributed by atoms with Crippen LogP contribution in [0, 0.1) is 17.2 Å². The van der Waals surface area contributed by atoms with Crippen molar-refractivity contribution in [3.05, 3.63) is 28.8 Å². The van der Waals surface area contributed by atoms with Crippen LogP contribution in [0.1, 0.15) is 24.8 Å². The van der Waals surface area contributed by atoms with Gasteiger partial charge in [-0.15, -0.1) is 0 Å². The van der Waals surface area contributed by atoms with Gasteiger partial charge in [0, 0.05) is 19.1 Å². The minimum absolute atomic E-state index is 0.631. The van der Waals surface area contributed by atoms with Gasteiger partial charge < -0.3 is 9.80 Å². The first-order valence-corrected chi connectivity index (χ1v) is 7.71. The zero-order valence-corrected chi connectivity index (χ0v) is 12.6. The van der Waals surface area contributed by atoms with E-state index in [4.69, 9.17) is 16.9 Å². The van der Waals surface area contributed by atoms with E-state index < -0.39 is 0 Å². The fourth-order valence-electron chi connectivity index (χ4n) is 3.70. The van der Waals surface area contributed by atoms with Crippen molar-refractivity contribution in [3.8, 4) is 6.07 Å². The topological polar surface area (TPSA) is 30.3 Å². The van der Waals surface area contributed by atoms with Gasteiger partial charge in [0.2, 0.25) is 0 Å². The molecule has 0 saturated carbocycles. The highest BCUT2D eigenvalue weighted by atomic mass is 35.5. The largest absolute Gasteiger partial charge is 0.370 e. The molecule has 2 saturated heterocycles. The summed E-state index contributed by atoms with van der Waals surface area (Å²) in [5.41, 5.74) is 1.71. The van der Waals surface area contributed by atoms with Crippen molar-refractivity contribution in [2.45, 2.75) is 25.3 Å². The summed E-state index contributed by atoms with van der Waals surface area (Å²) in [4.78, 5) is 4.91. The molecule has 0 radical (unpaired) electrons. The molecular formula is C16H20ClN3.